The molecule has 1 heterocycles. The van der Waals surface area contributed by atoms with Crippen molar-refractivity contribution in [1.29, 1.82) is 0 Å². The maximum Gasteiger partial charge on any atom is 0.0570 e. The summed E-state index contributed by atoms with van der Waals surface area (Å²) in [5.41, 5.74) is 4.02. The lowest BCUT2D eigenvalue weighted by Crippen LogP contribution is -1.93. The van der Waals surface area contributed by atoms with Gasteiger partial charge in [0.15, 0.2) is 0 Å². The molecule has 0 unspecified atom stereocenters. The highest BCUT2D eigenvalue weighted by Gasteiger charge is 2.12. The molecule has 0 amide bonds. The first-order valence-corrected chi connectivity index (χ1v) is 7.20. The highest BCUT2D eigenvalue weighted by atomic mass is 15.0. The van der Waals surface area contributed by atoms with Crippen molar-refractivity contribution in [3.63, 3.8) is 0 Å². The van der Waals surface area contributed by atoms with Crippen molar-refractivity contribution in [3.05, 3.63) is 60.2 Å². The fourth-order valence-corrected chi connectivity index (χ4v) is 3.31. The summed E-state index contributed by atoms with van der Waals surface area (Å²) in [4.78, 5) is 0. The summed E-state index contributed by atoms with van der Waals surface area (Å²) < 4.78 is 2.44. The van der Waals surface area contributed by atoms with Crippen LogP contribution in [0.15, 0.2) is 54.6 Å². The quantitative estimate of drug-likeness (QED) is 0.438. The molecular formula is C19H17N. The number of nitrogens with zero attached hydrogens (tertiary/aromatic N) is 1. The minimum Gasteiger partial charge on any atom is -0.340 e. The molecule has 20 heavy (non-hydrogen) atoms. The van der Waals surface area contributed by atoms with Gasteiger partial charge in [-0.2, -0.15) is 0 Å². The molecule has 0 atom stereocenters. The van der Waals surface area contributed by atoms with Gasteiger partial charge in [-0.3, -0.25) is 0 Å². The third-order valence-electron chi connectivity index (χ3n) is 4.22. The Hall–Kier alpha value is -2.28. The first kappa shape index (κ1) is 11.5. The number of aromatic nitrogens is 1. The van der Waals surface area contributed by atoms with Gasteiger partial charge >= 0.3 is 0 Å². The number of hydrogen-bond donors (Lipinski definition) is 0. The van der Waals surface area contributed by atoms with Crippen molar-refractivity contribution in [2.45, 2.75) is 20.4 Å². The smallest absolute Gasteiger partial charge is 0.0570 e. The summed E-state index contributed by atoms with van der Waals surface area (Å²) in [6.07, 6.45) is 0. The Labute approximate surface area is 118 Å². The molecule has 98 valence electrons. The number of aryl methyl sites for hydroxylation is 2. The first-order valence-electron chi connectivity index (χ1n) is 7.20. The van der Waals surface area contributed by atoms with Crippen LogP contribution in [-0.2, 0) is 6.54 Å². The van der Waals surface area contributed by atoms with E-state index in [1.165, 1.54) is 38.1 Å². The SMILES string of the molecule is CCn1c2ccc(C)cc2c2ccc3ccccc3c21. The van der Waals surface area contributed by atoms with E-state index in [4.69, 9.17) is 0 Å². The summed E-state index contributed by atoms with van der Waals surface area (Å²) in [5, 5.41) is 5.40. The van der Waals surface area contributed by atoms with E-state index in [1.807, 2.05) is 0 Å². The van der Waals surface area contributed by atoms with Crippen molar-refractivity contribution in [1.82, 2.24) is 4.57 Å². The molecule has 0 N–H and O–H groups in total. The molecule has 4 aromatic rings. The van der Waals surface area contributed by atoms with Crippen molar-refractivity contribution in [2.75, 3.05) is 0 Å². The van der Waals surface area contributed by atoms with Gasteiger partial charge in [0.05, 0.1) is 5.52 Å². The molecule has 1 heteroatoms. The summed E-state index contributed by atoms with van der Waals surface area (Å²) in [6, 6.07) is 19.9. The second-order valence-corrected chi connectivity index (χ2v) is 5.45. The predicted octanol–water partition coefficient (Wildman–Crippen LogP) is 5.28. The van der Waals surface area contributed by atoms with E-state index in [9.17, 15) is 0 Å². The Morgan fingerprint density at radius 1 is 0.850 bits per heavy atom. The lowest BCUT2D eigenvalue weighted by molar-refractivity contribution is 0.829. The van der Waals surface area contributed by atoms with Crippen LogP contribution < -0.4 is 0 Å². The van der Waals surface area contributed by atoms with E-state index in [0.717, 1.165) is 6.54 Å². The number of fused-ring (bicyclic) bond motifs is 5. The first-order chi connectivity index (χ1) is 9.79. The van der Waals surface area contributed by atoms with Crippen LogP contribution in [0, 0.1) is 6.92 Å². The molecule has 0 aliphatic heterocycles. The van der Waals surface area contributed by atoms with Crippen LogP contribution >= 0.6 is 0 Å². The molecule has 1 nitrogen and oxygen atoms in total. The summed E-state index contributed by atoms with van der Waals surface area (Å²) in [7, 11) is 0. The van der Waals surface area contributed by atoms with Crippen LogP contribution in [0.3, 0.4) is 0 Å². The number of hydrogen-bond acceptors (Lipinski definition) is 0. The third kappa shape index (κ3) is 1.44. The Balaban J connectivity index is 2.34. The van der Waals surface area contributed by atoms with E-state index < -0.39 is 0 Å². The van der Waals surface area contributed by atoms with Crippen molar-refractivity contribution < 1.29 is 0 Å². The Morgan fingerprint density at radius 3 is 2.55 bits per heavy atom. The molecule has 0 aliphatic carbocycles. The Kier molecular flexibility index (Phi) is 2.37. The van der Waals surface area contributed by atoms with Gasteiger partial charge in [-0.25, -0.2) is 0 Å². The largest absolute Gasteiger partial charge is 0.340 e. The standard InChI is InChI=1S/C19H17N/c1-3-20-18-11-8-13(2)12-17(18)16-10-9-14-6-4-5-7-15(14)19(16)20/h4-12H,3H2,1-2H3. The Bertz CT molecular complexity index is 944. The molecular weight excluding hydrogens is 242 g/mol. The average molecular weight is 259 g/mol. The fraction of sp³-hybridized carbons (Fsp3) is 0.158. The van der Waals surface area contributed by atoms with Crippen molar-refractivity contribution in [3.8, 4) is 0 Å². The molecule has 0 saturated carbocycles. The highest BCUT2D eigenvalue weighted by Crippen LogP contribution is 2.34. The van der Waals surface area contributed by atoms with Gasteiger partial charge in [0.1, 0.15) is 0 Å². The molecule has 0 radical (unpaired) electrons. The number of benzene rings is 3. The summed E-state index contributed by atoms with van der Waals surface area (Å²) >= 11 is 0. The molecule has 1 aromatic heterocycles. The monoisotopic (exact) mass is 259 g/mol. The van der Waals surface area contributed by atoms with Crippen molar-refractivity contribution >= 4 is 32.6 Å². The number of rotatable bonds is 1. The molecule has 3 aromatic carbocycles. The molecule has 0 spiro atoms. The summed E-state index contributed by atoms with van der Waals surface area (Å²) in [6.45, 7) is 5.38. The van der Waals surface area contributed by atoms with Gasteiger partial charge in [0, 0.05) is 28.2 Å². The van der Waals surface area contributed by atoms with Gasteiger partial charge in [0.25, 0.3) is 0 Å². The molecule has 0 fully saturated rings. The van der Waals surface area contributed by atoms with E-state index in [-0.39, 0.29) is 0 Å². The van der Waals surface area contributed by atoms with Crippen LogP contribution in [0.4, 0.5) is 0 Å². The predicted molar refractivity (Wildman–Crippen MR) is 87.4 cm³/mol. The molecule has 0 bridgehead atoms. The summed E-state index contributed by atoms with van der Waals surface area (Å²) in [5.74, 6) is 0. The zero-order valence-corrected chi connectivity index (χ0v) is 11.9. The van der Waals surface area contributed by atoms with Gasteiger partial charge in [-0.15, -0.1) is 0 Å². The van der Waals surface area contributed by atoms with E-state index in [1.54, 1.807) is 0 Å². The molecule has 0 aliphatic rings. The van der Waals surface area contributed by atoms with E-state index in [0.29, 0.717) is 0 Å². The fourth-order valence-electron chi connectivity index (χ4n) is 3.31. The van der Waals surface area contributed by atoms with Gasteiger partial charge < -0.3 is 4.57 Å². The third-order valence-corrected chi connectivity index (χ3v) is 4.22. The van der Waals surface area contributed by atoms with Crippen molar-refractivity contribution in [2.24, 2.45) is 0 Å². The average Bonchev–Trinajstić information content (AvgIpc) is 2.80. The topological polar surface area (TPSA) is 4.93 Å². The van der Waals surface area contributed by atoms with Crippen LogP contribution in [0.5, 0.6) is 0 Å². The maximum absolute atomic E-state index is 2.44. The van der Waals surface area contributed by atoms with Gasteiger partial charge in [-0.05, 0) is 31.4 Å². The molecule has 0 saturated heterocycles. The second kappa shape index (κ2) is 4.11. The second-order valence-electron chi connectivity index (χ2n) is 5.45. The lowest BCUT2D eigenvalue weighted by Gasteiger charge is -2.06. The van der Waals surface area contributed by atoms with Gasteiger partial charge in [-0.1, -0.05) is 48.0 Å². The highest BCUT2D eigenvalue weighted by molar-refractivity contribution is 6.17. The lowest BCUT2D eigenvalue weighted by atomic mass is 10.1. The van der Waals surface area contributed by atoms with E-state index >= 15 is 0 Å². The Morgan fingerprint density at radius 2 is 1.70 bits per heavy atom. The zero-order chi connectivity index (χ0) is 13.7. The minimum absolute atomic E-state index is 0.997. The van der Waals surface area contributed by atoms with Gasteiger partial charge in [0.2, 0.25) is 0 Å². The van der Waals surface area contributed by atoms with E-state index in [2.05, 4.69) is 73.0 Å². The van der Waals surface area contributed by atoms with Crippen LogP contribution in [0.25, 0.3) is 32.6 Å². The molecule has 4 rings (SSSR count). The normalized spacial score (nSPS) is 11.7. The van der Waals surface area contributed by atoms with Crippen LogP contribution in [0.2, 0.25) is 0 Å². The van der Waals surface area contributed by atoms with Crippen LogP contribution in [0.1, 0.15) is 12.5 Å². The minimum atomic E-state index is 0.997. The van der Waals surface area contributed by atoms with Crippen LogP contribution in [-0.4, -0.2) is 4.57 Å². The zero-order valence-electron chi connectivity index (χ0n) is 11.9. The maximum atomic E-state index is 2.44.